The summed E-state index contributed by atoms with van der Waals surface area (Å²) >= 11 is 1.30. The van der Waals surface area contributed by atoms with E-state index < -0.39 is 28.8 Å². The maximum atomic E-state index is 13.3. The predicted octanol–water partition coefficient (Wildman–Crippen LogP) is 1.48. The molecule has 0 radical (unpaired) electrons. The molecular formula is C13H20F3N3O2S2. The van der Waals surface area contributed by atoms with Crippen molar-refractivity contribution in [3.8, 4) is 0 Å². The van der Waals surface area contributed by atoms with Crippen LogP contribution in [-0.2, 0) is 10.0 Å². The number of nitrogens with one attached hydrogen (secondary N) is 2. The monoisotopic (exact) mass is 371 g/mol. The van der Waals surface area contributed by atoms with Gasteiger partial charge >= 0.3 is 6.18 Å². The Labute approximate surface area is 137 Å². The molecule has 5 nitrogen and oxygen atoms in total. The number of piperazine rings is 1. The van der Waals surface area contributed by atoms with E-state index in [1.807, 2.05) is 0 Å². The number of aryl methyl sites for hydroxylation is 2. The van der Waals surface area contributed by atoms with Crippen molar-refractivity contribution in [1.29, 1.82) is 0 Å². The molecule has 1 aromatic rings. The van der Waals surface area contributed by atoms with Gasteiger partial charge in [0.05, 0.1) is 4.90 Å². The molecule has 0 spiro atoms. The van der Waals surface area contributed by atoms with Gasteiger partial charge in [0.1, 0.15) is 6.04 Å². The third kappa shape index (κ3) is 4.66. The Bertz CT molecular complexity index is 637. The van der Waals surface area contributed by atoms with Crippen molar-refractivity contribution < 1.29 is 21.6 Å². The second kappa shape index (κ2) is 7.06. The van der Waals surface area contributed by atoms with Gasteiger partial charge in [-0.3, -0.25) is 4.90 Å². The van der Waals surface area contributed by atoms with Crippen molar-refractivity contribution in [3.63, 3.8) is 0 Å². The maximum Gasteiger partial charge on any atom is 0.405 e. The summed E-state index contributed by atoms with van der Waals surface area (Å²) in [6.45, 7) is 4.12. The molecule has 0 aliphatic carbocycles. The average molecular weight is 371 g/mol. The minimum absolute atomic E-state index is 0.0567. The van der Waals surface area contributed by atoms with Crippen molar-refractivity contribution in [2.24, 2.45) is 0 Å². The SMILES string of the molecule is Cc1cc(S(=O)(=O)NCC(N2CCNCC2)C(F)(F)F)c(C)s1. The van der Waals surface area contributed by atoms with E-state index in [-0.39, 0.29) is 18.0 Å². The van der Waals surface area contributed by atoms with Crippen LogP contribution in [-0.4, -0.2) is 58.3 Å². The van der Waals surface area contributed by atoms with Crippen LogP contribution in [0.2, 0.25) is 0 Å². The summed E-state index contributed by atoms with van der Waals surface area (Å²) in [7, 11) is -3.95. The van der Waals surface area contributed by atoms with E-state index in [2.05, 4.69) is 10.0 Å². The molecule has 2 N–H and O–H groups in total. The fraction of sp³-hybridized carbons (Fsp3) is 0.692. The van der Waals surface area contributed by atoms with Gasteiger partial charge in [0.25, 0.3) is 0 Å². The Balaban J connectivity index is 2.12. The van der Waals surface area contributed by atoms with Crippen LogP contribution in [0.15, 0.2) is 11.0 Å². The molecule has 1 aromatic heterocycles. The van der Waals surface area contributed by atoms with Gasteiger partial charge < -0.3 is 5.32 Å². The zero-order chi connectivity index (χ0) is 17.3. The fourth-order valence-electron chi connectivity index (χ4n) is 2.59. The van der Waals surface area contributed by atoms with Gasteiger partial charge in [-0.25, -0.2) is 13.1 Å². The minimum Gasteiger partial charge on any atom is -0.314 e. The predicted molar refractivity (Wildman–Crippen MR) is 83.3 cm³/mol. The average Bonchev–Trinajstić information content (AvgIpc) is 2.78. The van der Waals surface area contributed by atoms with Crippen LogP contribution in [0.5, 0.6) is 0 Å². The summed E-state index contributed by atoms with van der Waals surface area (Å²) in [5.74, 6) is 0. The van der Waals surface area contributed by atoms with Gasteiger partial charge in [-0.15, -0.1) is 11.3 Å². The summed E-state index contributed by atoms with van der Waals surface area (Å²) < 4.78 is 66.5. The molecule has 1 saturated heterocycles. The number of hydrogen-bond acceptors (Lipinski definition) is 5. The molecule has 1 atom stereocenters. The number of sulfonamides is 1. The Morgan fingerprint density at radius 1 is 1.35 bits per heavy atom. The topological polar surface area (TPSA) is 61.4 Å². The number of rotatable bonds is 5. The molecule has 132 valence electrons. The van der Waals surface area contributed by atoms with Gasteiger partial charge in [0.15, 0.2) is 0 Å². The molecule has 0 bridgehead atoms. The highest BCUT2D eigenvalue weighted by Gasteiger charge is 2.44. The number of nitrogens with zero attached hydrogens (tertiary/aromatic N) is 1. The lowest BCUT2D eigenvalue weighted by atomic mass is 10.2. The van der Waals surface area contributed by atoms with E-state index >= 15 is 0 Å². The molecule has 1 fully saturated rings. The number of alkyl halides is 3. The van der Waals surface area contributed by atoms with Crippen molar-refractivity contribution in [3.05, 3.63) is 15.8 Å². The second-order valence-electron chi connectivity index (χ2n) is 5.47. The first kappa shape index (κ1) is 18.7. The maximum absolute atomic E-state index is 13.3. The Morgan fingerprint density at radius 3 is 2.43 bits per heavy atom. The van der Waals surface area contributed by atoms with E-state index in [1.54, 1.807) is 13.8 Å². The van der Waals surface area contributed by atoms with Gasteiger partial charge in [-0.05, 0) is 19.9 Å². The highest BCUT2D eigenvalue weighted by molar-refractivity contribution is 7.89. The van der Waals surface area contributed by atoms with Crippen molar-refractivity contribution in [1.82, 2.24) is 14.9 Å². The Hall–Kier alpha value is -0.680. The molecule has 0 amide bonds. The molecule has 23 heavy (non-hydrogen) atoms. The van der Waals surface area contributed by atoms with Gasteiger partial charge in [-0.2, -0.15) is 13.2 Å². The smallest absolute Gasteiger partial charge is 0.314 e. The van der Waals surface area contributed by atoms with Crippen LogP contribution in [0.4, 0.5) is 13.2 Å². The standard InChI is InChI=1S/C13H20F3N3O2S2/c1-9-7-11(10(2)22-9)23(20,21)18-8-12(13(14,15)16)19-5-3-17-4-6-19/h7,12,17-18H,3-6,8H2,1-2H3. The van der Waals surface area contributed by atoms with Gasteiger partial charge in [-0.1, -0.05) is 0 Å². The largest absolute Gasteiger partial charge is 0.405 e. The van der Waals surface area contributed by atoms with Crippen LogP contribution < -0.4 is 10.0 Å². The molecule has 1 aliphatic heterocycles. The van der Waals surface area contributed by atoms with E-state index in [1.165, 1.54) is 22.3 Å². The van der Waals surface area contributed by atoms with Crippen molar-refractivity contribution in [2.45, 2.75) is 31.0 Å². The van der Waals surface area contributed by atoms with E-state index in [0.29, 0.717) is 18.0 Å². The number of thiophene rings is 1. The number of hydrogen-bond donors (Lipinski definition) is 2. The molecule has 2 rings (SSSR count). The zero-order valence-corrected chi connectivity index (χ0v) is 14.5. The normalized spacial score (nSPS) is 19.0. The lowest BCUT2D eigenvalue weighted by molar-refractivity contribution is -0.182. The van der Waals surface area contributed by atoms with Crippen LogP contribution in [0.25, 0.3) is 0 Å². The van der Waals surface area contributed by atoms with Crippen LogP contribution in [0.1, 0.15) is 9.75 Å². The summed E-state index contributed by atoms with van der Waals surface area (Å²) in [5.41, 5.74) is 0. The van der Waals surface area contributed by atoms with Crippen LogP contribution in [0, 0.1) is 13.8 Å². The van der Waals surface area contributed by atoms with E-state index in [4.69, 9.17) is 0 Å². The van der Waals surface area contributed by atoms with Crippen molar-refractivity contribution >= 4 is 21.4 Å². The lowest BCUT2D eigenvalue weighted by Crippen LogP contribution is -2.57. The molecule has 0 aromatic carbocycles. The summed E-state index contributed by atoms with van der Waals surface area (Å²) in [6.07, 6.45) is -4.49. The third-order valence-corrected chi connectivity index (χ3v) is 6.37. The molecular weight excluding hydrogens is 351 g/mol. The molecule has 1 unspecified atom stereocenters. The number of halogens is 3. The fourth-order valence-corrected chi connectivity index (χ4v) is 5.18. The zero-order valence-electron chi connectivity index (χ0n) is 12.9. The Morgan fingerprint density at radius 2 is 1.96 bits per heavy atom. The second-order valence-corrected chi connectivity index (χ2v) is 8.67. The van der Waals surface area contributed by atoms with E-state index in [0.717, 1.165) is 4.88 Å². The molecule has 0 saturated carbocycles. The lowest BCUT2D eigenvalue weighted by Gasteiger charge is -2.35. The molecule has 10 heteroatoms. The van der Waals surface area contributed by atoms with Gasteiger partial charge in [0, 0.05) is 42.5 Å². The van der Waals surface area contributed by atoms with Crippen LogP contribution >= 0.6 is 11.3 Å². The summed E-state index contributed by atoms with van der Waals surface area (Å²) in [6, 6.07) is -0.338. The minimum atomic E-state index is -4.49. The first-order valence-corrected chi connectivity index (χ1v) is 9.49. The first-order chi connectivity index (χ1) is 10.6. The van der Waals surface area contributed by atoms with Crippen molar-refractivity contribution in [2.75, 3.05) is 32.7 Å². The first-order valence-electron chi connectivity index (χ1n) is 7.19. The quantitative estimate of drug-likeness (QED) is 0.823. The highest BCUT2D eigenvalue weighted by atomic mass is 32.2. The summed E-state index contributed by atoms with van der Waals surface area (Å²) in [4.78, 5) is 2.70. The highest BCUT2D eigenvalue weighted by Crippen LogP contribution is 2.27. The van der Waals surface area contributed by atoms with E-state index in [9.17, 15) is 21.6 Å². The molecule has 2 heterocycles. The third-order valence-electron chi connectivity index (χ3n) is 3.72. The Kier molecular flexibility index (Phi) is 5.72. The van der Waals surface area contributed by atoms with Crippen LogP contribution in [0.3, 0.4) is 0 Å². The molecule has 1 aliphatic rings. The van der Waals surface area contributed by atoms with Gasteiger partial charge in [0.2, 0.25) is 10.0 Å². The summed E-state index contributed by atoms with van der Waals surface area (Å²) in [5, 5.41) is 2.98.